The minimum atomic E-state index is -4.07. The minimum absolute atomic E-state index is 0.0169. The Kier molecular flexibility index (Phi) is 7.54. The molecule has 14 heteroatoms. The van der Waals surface area contributed by atoms with Crippen molar-refractivity contribution in [3.8, 4) is 5.75 Å². The highest BCUT2D eigenvalue weighted by Gasteiger charge is 2.23. The summed E-state index contributed by atoms with van der Waals surface area (Å²) in [5, 5.41) is 8.83. The van der Waals surface area contributed by atoms with E-state index in [2.05, 4.69) is 0 Å². The van der Waals surface area contributed by atoms with Crippen LogP contribution in [0.2, 0.25) is 5.02 Å². The molecule has 4 aromatic rings. The van der Waals surface area contributed by atoms with Gasteiger partial charge in [-0.3, -0.25) is 9.59 Å². The van der Waals surface area contributed by atoms with Crippen LogP contribution in [0.3, 0.4) is 0 Å². The van der Waals surface area contributed by atoms with Crippen LogP contribution in [-0.4, -0.2) is 45.4 Å². The number of aliphatic hydroxyl groups is 1. The zero-order valence-corrected chi connectivity index (χ0v) is 21.3. The molecule has 38 heavy (non-hydrogen) atoms. The van der Waals surface area contributed by atoms with Crippen LogP contribution in [0.5, 0.6) is 5.75 Å². The summed E-state index contributed by atoms with van der Waals surface area (Å²) in [6.45, 7) is -0.927. The van der Waals surface area contributed by atoms with Crippen LogP contribution in [0.1, 0.15) is 22.3 Å². The van der Waals surface area contributed by atoms with Gasteiger partial charge >= 0.3 is 5.69 Å². The first-order valence-electron chi connectivity index (χ1n) is 11.0. The van der Waals surface area contributed by atoms with Crippen LogP contribution in [0, 0.1) is 11.6 Å². The molecule has 0 atom stereocenters. The van der Waals surface area contributed by atoms with Crippen LogP contribution in [0.15, 0.2) is 58.3 Å². The molecule has 0 radical (unpaired) electrons. The number of carbonyl (C=O) groups is 1. The summed E-state index contributed by atoms with van der Waals surface area (Å²) in [6.07, 6.45) is 1.77. The van der Waals surface area contributed by atoms with Crippen molar-refractivity contribution in [2.75, 3.05) is 12.9 Å². The van der Waals surface area contributed by atoms with E-state index in [0.29, 0.717) is 20.2 Å². The summed E-state index contributed by atoms with van der Waals surface area (Å²) in [4.78, 5) is 38.1. The molecule has 2 aromatic carbocycles. The topological polar surface area (TPSA) is 130 Å². The molecule has 0 aliphatic carbocycles. The maximum absolute atomic E-state index is 13.9. The lowest BCUT2D eigenvalue weighted by Crippen LogP contribution is -2.32. The third-order valence-electron chi connectivity index (χ3n) is 5.59. The highest BCUT2D eigenvalue weighted by Crippen LogP contribution is 2.23. The highest BCUT2D eigenvalue weighted by molar-refractivity contribution is 7.89. The predicted molar refractivity (Wildman–Crippen MR) is 134 cm³/mol. The number of nitrogens with zero attached hydrogens (tertiary/aromatic N) is 3. The number of benzene rings is 2. The number of rotatable bonds is 8. The van der Waals surface area contributed by atoms with Crippen molar-refractivity contribution < 1.29 is 31.8 Å². The van der Waals surface area contributed by atoms with E-state index in [-0.39, 0.29) is 40.5 Å². The van der Waals surface area contributed by atoms with Gasteiger partial charge in [-0.15, -0.1) is 0 Å². The van der Waals surface area contributed by atoms with Gasteiger partial charge in [-0.05, 0) is 35.9 Å². The maximum Gasteiger partial charge on any atom is 0.349 e. The number of fused-ring (bicyclic) bond motifs is 1. The summed E-state index contributed by atoms with van der Waals surface area (Å²) in [7, 11) is -4.07. The van der Waals surface area contributed by atoms with Crippen molar-refractivity contribution in [1.29, 1.82) is 0 Å². The maximum atomic E-state index is 13.9. The fourth-order valence-corrected chi connectivity index (χ4v) is 4.94. The number of imidazole rings is 1. The molecular formula is C24H20ClF2N3O7S. The Morgan fingerprint density at radius 3 is 2.47 bits per heavy atom. The molecule has 0 bridgehead atoms. The Labute approximate surface area is 218 Å². The van der Waals surface area contributed by atoms with E-state index in [1.165, 1.54) is 41.1 Å². The van der Waals surface area contributed by atoms with Gasteiger partial charge in [-0.1, -0.05) is 17.7 Å². The SMILES string of the molecule is CS(=O)(=O)n1c(=O)n(C(=O)CCO)c2cc(Cn3ccc(OCc4ccc(F)cc4F)c(Cl)c3=O)ccc21. The summed E-state index contributed by atoms with van der Waals surface area (Å²) in [6, 6.07) is 8.55. The number of hydrogen-bond donors (Lipinski definition) is 1. The monoisotopic (exact) mass is 567 g/mol. The summed E-state index contributed by atoms with van der Waals surface area (Å²) in [5.41, 5.74) is -1.34. The van der Waals surface area contributed by atoms with Crippen molar-refractivity contribution in [2.24, 2.45) is 0 Å². The van der Waals surface area contributed by atoms with Gasteiger partial charge in [0.25, 0.3) is 5.56 Å². The highest BCUT2D eigenvalue weighted by atomic mass is 35.5. The zero-order chi connectivity index (χ0) is 27.8. The second kappa shape index (κ2) is 10.5. The molecule has 4 rings (SSSR count). The van der Waals surface area contributed by atoms with E-state index in [4.69, 9.17) is 21.4 Å². The number of aliphatic hydroxyl groups excluding tert-OH is 1. The second-order valence-electron chi connectivity index (χ2n) is 8.29. The van der Waals surface area contributed by atoms with Crippen LogP contribution in [-0.2, 0) is 23.2 Å². The van der Waals surface area contributed by atoms with E-state index < -0.39 is 51.8 Å². The lowest BCUT2D eigenvalue weighted by Gasteiger charge is -2.12. The molecule has 0 aliphatic rings. The molecular weight excluding hydrogens is 548 g/mol. The van der Waals surface area contributed by atoms with Crippen molar-refractivity contribution in [1.82, 2.24) is 13.1 Å². The number of ether oxygens (including phenoxy) is 1. The first kappa shape index (κ1) is 27.2. The van der Waals surface area contributed by atoms with Crippen LogP contribution < -0.4 is 16.0 Å². The third-order valence-corrected chi connectivity index (χ3v) is 6.96. The van der Waals surface area contributed by atoms with E-state index >= 15 is 0 Å². The number of halogens is 3. The van der Waals surface area contributed by atoms with Gasteiger partial charge in [0, 0.05) is 17.8 Å². The predicted octanol–water partition coefficient (Wildman–Crippen LogP) is 2.35. The third kappa shape index (κ3) is 5.26. The van der Waals surface area contributed by atoms with Crippen molar-refractivity contribution in [3.63, 3.8) is 0 Å². The van der Waals surface area contributed by atoms with Crippen LogP contribution in [0.25, 0.3) is 11.0 Å². The molecule has 10 nitrogen and oxygen atoms in total. The first-order chi connectivity index (χ1) is 17.9. The van der Waals surface area contributed by atoms with Crippen molar-refractivity contribution >= 4 is 38.6 Å². The molecule has 1 N–H and O–H groups in total. The van der Waals surface area contributed by atoms with Gasteiger partial charge in [0.1, 0.15) is 29.0 Å². The average Bonchev–Trinajstić information content (AvgIpc) is 3.14. The van der Waals surface area contributed by atoms with E-state index in [1.807, 2.05) is 0 Å². The Bertz CT molecular complexity index is 1800. The summed E-state index contributed by atoms with van der Waals surface area (Å²) >= 11 is 6.17. The molecule has 0 amide bonds. The molecule has 0 saturated heterocycles. The molecule has 0 saturated carbocycles. The average molecular weight is 568 g/mol. The molecule has 200 valence electrons. The molecule has 0 unspecified atom stereocenters. The van der Waals surface area contributed by atoms with Crippen LogP contribution in [0.4, 0.5) is 8.78 Å². The number of hydrogen-bond acceptors (Lipinski definition) is 7. The molecule has 0 spiro atoms. The fourth-order valence-electron chi connectivity index (χ4n) is 3.84. The van der Waals surface area contributed by atoms with Gasteiger partial charge in [-0.2, -0.15) is 3.97 Å². The normalized spacial score (nSPS) is 11.7. The first-order valence-corrected chi connectivity index (χ1v) is 13.2. The van der Waals surface area contributed by atoms with Gasteiger partial charge in [0.15, 0.2) is 0 Å². The molecule has 2 aromatic heterocycles. The van der Waals surface area contributed by atoms with Gasteiger partial charge in [0.2, 0.25) is 15.9 Å². The second-order valence-corrected chi connectivity index (χ2v) is 10.5. The van der Waals surface area contributed by atoms with Crippen molar-refractivity contribution in [2.45, 2.75) is 19.6 Å². The van der Waals surface area contributed by atoms with Gasteiger partial charge < -0.3 is 14.4 Å². The van der Waals surface area contributed by atoms with Gasteiger partial charge in [0.05, 0.1) is 36.9 Å². The Morgan fingerprint density at radius 2 is 1.82 bits per heavy atom. The van der Waals surface area contributed by atoms with Crippen molar-refractivity contribution in [3.05, 3.63) is 97.3 Å². The van der Waals surface area contributed by atoms with Gasteiger partial charge in [-0.25, -0.2) is 26.6 Å². The largest absolute Gasteiger partial charge is 0.487 e. The van der Waals surface area contributed by atoms with E-state index in [1.54, 1.807) is 0 Å². The van der Waals surface area contributed by atoms with E-state index in [0.717, 1.165) is 12.3 Å². The van der Waals surface area contributed by atoms with Crippen LogP contribution >= 0.6 is 11.6 Å². The van der Waals surface area contributed by atoms with E-state index in [9.17, 15) is 31.6 Å². The smallest absolute Gasteiger partial charge is 0.349 e. The number of aromatic nitrogens is 3. The Hall–Kier alpha value is -3.81. The molecule has 0 fully saturated rings. The summed E-state index contributed by atoms with van der Waals surface area (Å²) in [5.74, 6) is -2.39. The fraction of sp³-hybridized carbons (Fsp3) is 0.208. The number of carbonyl (C=O) groups excluding carboxylic acids is 1. The number of pyridine rings is 1. The molecule has 2 heterocycles. The Morgan fingerprint density at radius 1 is 1.08 bits per heavy atom. The minimum Gasteiger partial charge on any atom is -0.487 e. The summed E-state index contributed by atoms with van der Waals surface area (Å²) < 4.78 is 59.2. The zero-order valence-electron chi connectivity index (χ0n) is 19.7. The lowest BCUT2D eigenvalue weighted by molar-refractivity contribution is 0.0876. The Balaban J connectivity index is 1.67. The lowest BCUT2D eigenvalue weighted by atomic mass is 10.2. The molecule has 0 aliphatic heterocycles. The standard InChI is InChI=1S/C24H20ClF2N3O7S/c1-38(35,36)30-18-5-2-14(10-19(18)29(24(30)34)21(32)7-9-31)12-28-8-6-20(22(25)23(28)33)37-13-15-3-4-16(26)11-17(15)27/h2-6,8,10-11,31H,7,9,12-13H2,1H3. The quantitative estimate of drug-likeness (QED) is 0.346.